The SMILES string of the molecule is OCc1ccc(C2CCCCCCC2)cc1. The highest BCUT2D eigenvalue weighted by Crippen LogP contribution is 2.30. The summed E-state index contributed by atoms with van der Waals surface area (Å²) in [5, 5.41) is 9.02. The van der Waals surface area contributed by atoms with Crippen LogP contribution in [0.5, 0.6) is 0 Å². The van der Waals surface area contributed by atoms with E-state index in [1.807, 2.05) is 0 Å². The zero-order valence-electron chi connectivity index (χ0n) is 9.99. The lowest BCUT2D eigenvalue weighted by Gasteiger charge is -2.20. The summed E-state index contributed by atoms with van der Waals surface area (Å²) in [6.45, 7) is 0.158. The molecular formula is C15H22O. The van der Waals surface area contributed by atoms with Crippen LogP contribution in [0.2, 0.25) is 0 Å². The number of benzene rings is 1. The van der Waals surface area contributed by atoms with Crippen molar-refractivity contribution in [2.24, 2.45) is 0 Å². The van der Waals surface area contributed by atoms with Crippen LogP contribution in [-0.2, 0) is 6.61 Å². The van der Waals surface area contributed by atoms with Crippen LogP contribution >= 0.6 is 0 Å². The maximum absolute atomic E-state index is 9.02. The molecule has 1 nitrogen and oxygen atoms in total. The number of rotatable bonds is 2. The van der Waals surface area contributed by atoms with Gasteiger partial charge in [0.2, 0.25) is 0 Å². The van der Waals surface area contributed by atoms with E-state index < -0.39 is 0 Å². The molecule has 1 fully saturated rings. The number of aliphatic hydroxyl groups is 1. The maximum atomic E-state index is 9.02. The van der Waals surface area contributed by atoms with E-state index in [1.54, 1.807) is 0 Å². The highest BCUT2D eigenvalue weighted by atomic mass is 16.3. The Morgan fingerprint density at radius 2 is 1.44 bits per heavy atom. The Morgan fingerprint density at radius 3 is 2.00 bits per heavy atom. The van der Waals surface area contributed by atoms with Crippen LogP contribution in [0.1, 0.15) is 62.0 Å². The van der Waals surface area contributed by atoms with Gasteiger partial charge in [-0.05, 0) is 29.9 Å². The van der Waals surface area contributed by atoms with Crippen molar-refractivity contribution in [2.75, 3.05) is 0 Å². The predicted octanol–water partition coefficient (Wildman–Crippen LogP) is 4.01. The lowest BCUT2D eigenvalue weighted by molar-refractivity contribution is 0.282. The zero-order valence-corrected chi connectivity index (χ0v) is 9.99. The van der Waals surface area contributed by atoms with Gasteiger partial charge in [0.05, 0.1) is 6.61 Å². The minimum atomic E-state index is 0.158. The molecule has 1 aliphatic carbocycles. The van der Waals surface area contributed by atoms with Crippen LogP contribution in [0, 0.1) is 0 Å². The molecule has 0 heterocycles. The van der Waals surface area contributed by atoms with Crippen molar-refractivity contribution in [3.63, 3.8) is 0 Å². The van der Waals surface area contributed by atoms with E-state index in [9.17, 15) is 0 Å². The Bertz CT molecular complexity index is 294. The van der Waals surface area contributed by atoms with Gasteiger partial charge in [-0.3, -0.25) is 0 Å². The Labute approximate surface area is 98.5 Å². The second-order valence-corrected chi connectivity index (χ2v) is 4.94. The topological polar surface area (TPSA) is 20.2 Å². The molecule has 1 aromatic carbocycles. The third-order valence-corrected chi connectivity index (χ3v) is 3.74. The molecule has 1 heteroatoms. The molecule has 1 aromatic rings. The molecule has 2 rings (SSSR count). The zero-order chi connectivity index (χ0) is 11.2. The van der Waals surface area contributed by atoms with Gasteiger partial charge in [0.15, 0.2) is 0 Å². The quantitative estimate of drug-likeness (QED) is 0.795. The second-order valence-electron chi connectivity index (χ2n) is 4.94. The van der Waals surface area contributed by atoms with E-state index in [1.165, 1.54) is 50.5 Å². The van der Waals surface area contributed by atoms with Gasteiger partial charge in [-0.1, -0.05) is 56.4 Å². The molecule has 0 bridgehead atoms. The van der Waals surface area contributed by atoms with E-state index in [2.05, 4.69) is 24.3 Å². The fourth-order valence-electron chi connectivity index (χ4n) is 2.68. The highest BCUT2D eigenvalue weighted by Gasteiger charge is 2.13. The fourth-order valence-corrected chi connectivity index (χ4v) is 2.68. The van der Waals surface area contributed by atoms with Gasteiger partial charge in [-0.15, -0.1) is 0 Å². The van der Waals surface area contributed by atoms with Gasteiger partial charge in [0.25, 0.3) is 0 Å². The first-order valence-corrected chi connectivity index (χ1v) is 6.60. The van der Waals surface area contributed by atoms with Crippen molar-refractivity contribution in [1.82, 2.24) is 0 Å². The van der Waals surface area contributed by atoms with Crippen molar-refractivity contribution >= 4 is 0 Å². The first-order valence-electron chi connectivity index (χ1n) is 6.60. The Morgan fingerprint density at radius 1 is 0.875 bits per heavy atom. The number of hydrogen-bond acceptors (Lipinski definition) is 1. The van der Waals surface area contributed by atoms with Crippen LogP contribution in [0.25, 0.3) is 0 Å². The van der Waals surface area contributed by atoms with Gasteiger partial charge < -0.3 is 5.11 Å². The van der Waals surface area contributed by atoms with Crippen LogP contribution in [0.15, 0.2) is 24.3 Å². The first kappa shape index (κ1) is 11.7. The molecule has 16 heavy (non-hydrogen) atoms. The summed E-state index contributed by atoms with van der Waals surface area (Å²) < 4.78 is 0. The minimum Gasteiger partial charge on any atom is -0.392 e. The van der Waals surface area contributed by atoms with E-state index in [0.717, 1.165) is 11.5 Å². The Hall–Kier alpha value is -0.820. The molecule has 0 spiro atoms. The summed E-state index contributed by atoms with van der Waals surface area (Å²) in [5.74, 6) is 0.757. The monoisotopic (exact) mass is 218 g/mol. The Kier molecular flexibility index (Phi) is 4.41. The van der Waals surface area contributed by atoms with Gasteiger partial charge in [-0.25, -0.2) is 0 Å². The molecule has 0 radical (unpaired) electrons. The fraction of sp³-hybridized carbons (Fsp3) is 0.600. The molecule has 0 amide bonds. The lowest BCUT2D eigenvalue weighted by atomic mass is 9.86. The van der Waals surface area contributed by atoms with Gasteiger partial charge in [0.1, 0.15) is 0 Å². The van der Waals surface area contributed by atoms with Crippen molar-refractivity contribution in [3.8, 4) is 0 Å². The highest BCUT2D eigenvalue weighted by molar-refractivity contribution is 5.25. The lowest BCUT2D eigenvalue weighted by Crippen LogP contribution is -2.02. The predicted molar refractivity (Wildman–Crippen MR) is 67.4 cm³/mol. The van der Waals surface area contributed by atoms with Crippen molar-refractivity contribution in [2.45, 2.75) is 57.5 Å². The molecular weight excluding hydrogens is 196 g/mol. The number of aliphatic hydroxyl groups excluding tert-OH is 1. The van der Waals surface area contributed by atoms with Gasteiger partial charge in [-0.2, -0.15) is 0 Å². The molecule has 0 aliphatic heterocycles. The summed E-state index contributed by atoms with van der Waals surface area (Å²) in [7, 11) is 0. The van der Waals surface area contributed by atoms with E-state index in [0.29, 0.717) is 0 Å². The summed E-state index contributed by atoms with van der Waals surface area (Å²) in [6.07, 6.45) is 9.70. The largest absolute Gasteiger partial charge is 0.392 e. The van der Waals surface area contributed by atoms with E-state index >= 15 is 0 Å². The average Bonchev–Trinajstić information content (AvgIpc) is 2.29. The average molecular weight is 218 g/mol. The summed E-state index contributed by atoms with van der Waals surface area (Å²) in [5.41, 5.74) is 2.49. The van der Waals surface area contributed by atoms with Crippen molar-refractivity contribution in [3.05, 3.63) is 35.4 Å². The molecule has 1 aliphatic rings. The third kappa shape index (κ3) is 3.08. The molecule has 0 saturated heterocycles. The van der Waals surface area contributed by atoms with Crippen LogP contribution in [-0.4, -0.2) is 5.11 Å². The molecule has 88 valence electrons. The molecule has 0 unspecified atom stereocenters. The minimum absolute atomic E-state index is 0.158. The van der Waals surface area contributed by atoms with Gasteiger partial charge in [0, 0.05) is 0 Å². The van der Waals surface area contributed by atoms with E-state index in [-0.39, 0.29) is 6.61 Å². The maximum Gasteiger partial charge on any atom is 0.0681 e. The molecule has 1 N–H and O–H groups in total. The molecule has 0 aromatic heterocycles. The van der Waals surface area contributed by atoms with Crippen LogP contribution in [0.3, 0.4) is 0 Å². The van der Waals surface area contributed by atoms with E-state index in [4.69, 9.17) is 5.11 Å². The summed E-state index contributed by atoms with van der Waals surface area (Å²) >= 11 is 0. The van der Waals surface area contributed by atoms with Crippen LogP contribution in [0.4, 0.5) is 0 Å². The second kappa shape index (κ2) is 6.05. The summed E-state index contributed by atoms with van der Waals surface area (Å²) in [4.78, 5) is 0. The Balaban J connectivity index is 2.02. The normalized spacial score (nSPS) is 19.1. The van der Waals surface area contributed by atoms with Crippen molar-refractivity contribution in [1.29, 1.82) is 0 Å². The molecule has 0 atom stereocenters. The van der Waals surface area contributed by atoms with Crippen molar-refractivity contribution < 1.29 is 5.11 Å². The number of hydrogen-bond donors (Lipinski definition) is 1. The standard InChI is InChI=1S/C15H22O/c16-12-13-8-10-15(11-9-13)14-6-4-2-1-3-5-7-14/h8-11,14,16H,1-7,12H2. The smallest absolute Gasteiger partial charge is 0.0681 e. The molecule has 1 saturated carbocycles. The van der Waals surface area contributed by atoms with Crippen LogP contribution < -0.4 is 0 Å². The third-order valence-electron chi connectivity index (χ3n) is 3.74. The first-order chi connectivity index (χ1) is 7.90. The summed E-state index contributed by atoms with van der Waals surface area (Å²) in [6, 6.07) is 8.54. The van der Waals surface area contributed by atoms with Gasteiger partial charge >= 0.3 is 0 Å².